The quantitative estimate of drug-likeness (QED) is 0.425. The van der Waals surface area contributed by atoms with Gasteiger partial charge in [-0.25, -0.2) is 0 Å². The van der Waals surface area contributed by atoms with Crippen LogP contribution in [0, 0.1) is 0 Å². The number of aldehydes is 1. The van der Waals surface area contributed by atoms with Gasteiger partial charge in [0.25, 0.3) is 0 Å². The summed E-state index contributed by atoms with van der Waals surface area (Å²) in [6, 6.07) is 3.03. The molecule has 0 saturated heterocycles. The lowest BCUT2D eigenvalue weighted by molar-refractivity contribution is -0.104. The van der Waals surface area contributed by atoms with Crippen LogP contribution in [0.3, 0.4) is 0 Å². The number of ketones is 1. The highest BCUT2D eigenvalue weighted by Gasteiger charge is 2.19. The van der Waals surface area contributed by atoms with Crippen LogP contribution in [-0.2, 0) is 4.79 Å². The Bertz CT molecular complexity index is 386. The second kappa shape index (κ2) is 5.16. The monoisotopic (exact) mass is 224 g/mol. The average molecular weight is 224 g/mol. The molecule has 16 heavy (non-hydrogen) atoms. The molecule has 0 aliphatic carbocycles. The van der Waals surface area contributed by atoms with E-state index in [1.54, 1.807) is 0 Å². The minimum atomic E-state index is -0.698. The van der Waals surface area contributed by atoms with E-state index in [0.29, 0.717) is 5.75 Å². The van der Waals surface area contributed by atoms with Gasteiger partial charge in [0.2, 0.25) is 5.78 Å². The summed E-state index contributed by atoms with van der Waals surface area (Å²) in [5.74, 6) is 0.272. The van der Waals surface area contributed by atoms with E-state index in [4.69, 9.17) is 14.2 Å². The second-order valence-electron chi connectivity index (χ2n) is 2.89. The molecule has 86 valence electrons. The van der Waals surface area contributed by atoms with Crippen LogP contribution in [0.1, 0.15) is 10.4 Å². The molecule has 5 nitrogen and oxygen atoms in total. The molecule has 0 radical (unpaired) electrons. The highest BCUT2D eigenvalue weighted by Crippen LogP contribution is 2.33. The van der Waals surface area contributed by atoms with Gasteiger partial charge in [0, 0.05) is 12.1 Å². The van der Waals surface area contributed by atoms with Crippen molar-refractivity contribution in [2.24, 2.45) is 0 Å². The average Bonchev–Trinajstić information content (AvgIpc) is 2.35. The molecule has 0 bridgehead atoms. The smallest absolute Gasteiger partial charge is 0.232 e. The standard InChI is InChI=1S/C11H12O5/c1-14-7-4-9(15-2)11(8(13)6-12)10(5-7)16-3/h4-6H,1-3H3. The summed E-state index contributed by atoms with van der Waals surface area (Å²) >= 11 is 0. The Morgan fingerprint density at radius 3 is 1.88 bits per heavy atom. The third-order valence-electron chi connectivity index (χ3n) is 2.07. The number of Topliss-reactive ketones (excluding diaryl/α,β-unsaturated/α-hetero) is 1. The maximum absolute atomic E-state index is 11.4. The van der Waals surface area contributed by atoms with E-state index >= 15 is 0 Å². The topological polar surface area (TPSA) is 61.8 Å². The third-order valence-corrected chi connectivity index (χ3v) is 2.07. The fourth-order valence-electron chi connectivity index (χ4n) is 1.31. The highest BCUT2D eigenvalue weighted by atomic mass is 16.5. The summed E-state index contributed by atoms with van der Waals surface area (Å²) in [7, 11) is 4.28. The van der Waals surface area contributed by atoms with E-state index in [0.717, 1.165) is 0 Å². The molecule has 1 aromatic carbocycles. The van der Waals surface area contributed by atoms with Gasteiger partial charge in [-0.2, -0.15) is 0 Å². The Labute approximate surface area is 92.9 Å². The van der Waals surface area contributed by atoms with Gasteiger partial charge in [-0.15, -0.1) is 0 Å². The lowest BCUT2D eigenvalue weighted by Gasteiger charge is -2.12. The summed E-state index contributed by atoms with van der Waals surface area (Å²) in [6.07, 6.45) is 0.215. The van der Waals surface area contributed by atoms with Gasteiger partial charge in [0.15, 0.2) is 6.29 Å². The zero-order valence-corrected chi connectivity index (χ0v) is 9.27. The summed E-state index contributed by atoms with van der Waals surface area (Å²) in [4.78, 5) is 21.9. The first-order valence-electron chi connectivity index (χ1n) is 4.47. The summed E-state index contributed by atoms with van der Waals surface area (Å²) in [5, 5.41) is 0. The van der Waals surface area contributed by atoms with Crippen molar-refractivity contribution in [2.45, 2.75) is 0 Å². The molecule has 0 amide bonds. The molecule has 5 heteroatoms. The van der Waals surface area contributed by atoms with Crippen LogP contribution in [0.4, 0.5) is 0 Å². The molecule has 0 aliphatic rings. The van der Waals surface area contributed by atoms with Crippen LogP contribution in [0.25, 0.3) is 0 Å². The number of carbonyl (C=O) groups is 2. The Morgan fingerprint density at radius 2 is 1.56 bits per heavy atom. The van der Waals surface area contributed by atoms with E-state index in [1.807, 2.05) is 0 Å². The summed E-state index contributed by atoms with van der Waals surface area (Å²) in [6.45, 7) is 0. The van der Waals surface area contributed by atoms with Crippen LogP contribution in [-0.4, -0.2) is 33.4 Å². The predicted molar refractivity (Wildman–Crippen MR) is 56.5 cm³/mol. The highest BCUT2D eigenvalue weighted by molar-refractivity contribution is 6.35. The van der Waals surface area contributed by atoms with Gasteiger partial charge in [-0.1, -0.05) is 0 Å². The molecule has 0 saturated carbocycles. The molecule has 0 fully saturated rings. The normalized spacial score (nSPS) is 9.44. The Hall–Kier alpha value is -2.04. The molecular weight excluding hydrogens is 212 g/mol. The van der Waals surface area contributed by atoms with E-state index in [-0.39, 0.29) is 23.3 Å². The molecule has 1 aromatic rings. The van der Waals surface area contributed by atoms with E-state index < -0.39 is 5.78 Å². The zero-order valence-electron chi connectivity index (χ0n) is 9.27. The predicted octanol–water partition coefficient (Wildman–Crippen LogP) is 1.09. The molecule has 0 spiro atoms. The number of rotatable bonds is 5. The van der Waals surface area contributed by atoms with Crippen LogP contribution in [0.5, 0.6) is 17.2 Å². The molecule has 0 N–H and O–H groups in total. The number of ether oxygens (including phenoxy) is 3. The number of hydrogen-bond donors (Lipinski definition) is 0. The number of hydrogen-bond acceptors (Lipinski definition) is 5. The Kier molecular flexibility index (Phi) is 3.88. The van der Waals surface area contributed by atoms with Crippen molar-refractivity contribution in [3.05, 3.63) is 17.7 Å². The first kappa shape index (κ1) is 12.0. The molecule has 0 aliphatic heterocycles. The lowest BCUT2D eigenvalue weighted by Crippen LogP contribution is -2.06. The maximum Gasteiger partial charge on any atom is 0.232 e. The minimum Gasteiger partial charge on any atom is -0.496 e. The molecule has 1 rings (SSSR count). The van der Waals surface area contributed by atoms with Crippen LogP contribution < -0.4 is 14.2 Å². The van der Waals surface area contributed by atoms with Crippen LogP contribution in [0.15, 0.2) is 12.1 Å². The molecule has 0 aromatic heterocycles. The number of methoxy groups -OCH3 is 3. The number of carbonyl (C=O) groups excluding carboxylic acids is 2. The fraction of sp³-hybridized carbons (Fsp3) is 0.273. The Balaban J connectivity index is 3.42. The van der Waals surface area contributed by atoms with Crippen molar-refractivity contribution < 1.29 is 23.8 Å². The summed E-state index contributed by atoms with van der Waals surface area (Å²) < 4.78 is 15.0. The first-order chi connectivity index (χ1) is 7.67. The Morgan fingerprint density at radius 1 is 1.06 bits per heavy atom. The van der Waals surface area contributed by atoms with E-state index in [2.05, 4.69) is 0 Å². The van der Waals surface area contributed by atoms with Gasteiger partial charge in [0.05, 0.1) is 21.3 Å². The largest absolute Gasteiger partial charge is 0.496 e. The SMILES string of the molecule is COc1cc(OC)c(C(=O)C=O)c(OC)c1. The van der Waals surface area contributed by atoms with E-state index in [9.17, 15) is 9.59 Å². The molecular formula is C11H12O5. The van der Waals surface area contributed by atoms with Crippen molar-refractivity contribution in [1.82, 2.24) is 0 Å². The van der Waals surface area contributed by atoms with Crippen molar-refractivity contribution >= 4 is 12.1 Å². The van der Waals surface area contributed by atoms with Crippen molar-refractivity contribution in [1.29, 1.82) is 0 Å². The van der Waals surface area contributed by atoms with Crippen LogP contribution >= 0.6 is 0 Å². The van der Waals surface area contributed by atoms with E-state index in [1.165, 1.54) is 33.5 Å². The van der Waals surface area contributed by atoms with Gasteiger partial charge < -0.3 is 14.2 Å². The third kappa shape index (κ3) is 2.13. The zero-order chi connectivity index (χ0) is 12.1. The van der Waals surface area contributed by atoms with Crippen molar-refractivity contribution in [3.8, 4) is 17.2 Å². The van der Waals surface area contributed by atoms with Gasteiger partial charge in [-0.3, -0.25) is 9.59 Å². The van der Waals surface area contributed by atoms with Crippen LogP contribution in [0.2, 0.25) is 0 Å². The first-order valence-corrected chi connectivity index (χ1v) is 4.47. The molecule has 0 atom stereocenters. The van der Waals surface area contributed by atoms with Gasteiger partial charge in [0.1, 0.15) is 22.8 Å². The fourth-order valence-corrected chi connectivity index (χ4v) is 1.31. The molecule has 0 unspecified atom stereocenters. The molecule has 0 heterocycles. The van der Waals surface area contributed by atoms with Gasteiger partial charge in [-0.05, 0) is 0 Å². The second-order valence-corrected chi connectivity index (χ2v) is 2.89. The van der Waals surface area contributed by atoms with Gasteiger partial charge >= 0.3 is 0 Å². The lowest BCUT2D eigenvalue weighted by atomic mass is 10.1. The van der Waals surface area contributed by atoms with Crippen molar-refractivity contribution in [2.75, 3.05) is 21.3 Å². The maximum atomic E-state index is 11.4. The number of benzene rings is 1. The summed E-state index contributed by atoms with van der Waals surface area (Å²) in [5.41, 5.74) is 0.0980. The van der Waals surface area contributed by atoms with Crippen molar-refractivity contribution in [3.63, 3.8) is 0 Å². The minimum absolute atomic E-state index is 0.0980.